The number of H-pyrrole nitrogens is 1. The number of nitrogens with one attached hydrogen (secondary N) is 2. The Bertz CT molecular complexity index is 1070. The summed E-state index contributed by atoms with van der Waals surface area (Å²) in [5.74, 6) is 0.767. The summed E-state index contributed by atoms with van der Waals surface area (Å²) in [7, 11) is 0. The van der Waals surface area contributed by atoms with Crippen LogP contribution in [0, 0.1) is 13.8 Å². The third-order valence-corrected chi connectivity index (χ3v) is 5.27. The normalized spacial score (nSPS) is 11.2. The average molecular weight is 398 g/mol. The summed E-state index contributed by atoms with van der Waals surface area (Å²) in [6.07, 6.45) is 2.45. The minimum Gasteiger partial charge on any atom is -0.494 e. The highest BCUT2D eigenvalue weighted by molar-refractivity contribution is 7.18. The first kappa shape index (κ1) is 19.8. The van der Waals surface area contributed by atoms with Crippen LogP contribution in [0.4, 0.5) is 0 Å². The van der Waals surface area contributed by atoms with Gasteiger partial charge in [0, 0.05) is 4.88 Å². The Morgan fingerprint density at radius 3 is 2.79 bits per heavy atom. The van der Waals surface area contributed by atoms with Gasteiger partial charge in [-0.1, -0.05) is 6.92 Å². The van der Waals surface area contributed by atoms with E-state index in [1.165, 1.54) is 11.3 Å². The van der Waals surface area contributed by atoms with Crippen LogP contribution in [0.25, 0.3) is 10.2 Å². The van der Waals surface area contributed by atoms with Crippen molar-refractivity contribution in [3.63, 3.8) is 0 Å². The Kier molecular flexibility index (Phi) is 6.20. The Hall–Kier alpha value is -3.00. The Morgan fingerprint density at radius 2 is 2.07 bits per heavy atom. The molecule has 0 bridgehead atoms. The maximum Gasteiger partial charge on any atom is 0.259 e. The van der Waals surface area contributed by atoms with Crippen LogP contribution in [0.15, 0.2) is 34.2 Å². The zero-order valence-corrected chi connectivity index (χ0v) is 16.9. The molecule has 2 aromatic heterocycles. The molecule has 0 aliphatic rings. The Balaban J connectivity index is 1.60. The second kappa shape index (κ2) is 8.79. The highest BCUT2D eigenvalue weighted by Gasteiger charge is 2.13. The summed E-state index contributed by atoms with van der Waals surface area (Å²) < 4.78 is 5.52. The molecule has 0 aliphatic heterocycles. The summed E-state index contributed by atoms with van der Waals surface area (Å²) in [6, 6.07) is 7.42. The number of benzene rings is 1. The number of hydrogen-bond donors (Lipinski definition) is 2. The number of carbonyl (C=O) groups excluding carboxylic acids is 1. The van der Waals surface area contributed by atoms with Gasteiger partial charge in [0.2, 0.25) is 5.91 Å². The number of aryl methyl sites for hydroxylation is 2. The fourth-order valence-corrected chi connectivity index (χ4v) is 3.67. The molecule has 0 fully saturated rings. The van der Waals surface area contributed by atoms with Crippen LogP contribution in [0.2, 0.25) is 0 Å². The minimum atomic E-state index is -0.355. The van der Waals surface area contributed by atoms with Crippen molar-refractivity contribution in [2.45, 2.75) is 33.6 Å². The van der Waals surface area contributed by atoms with Crippen LogP contribution in [0.1, 0.15) is 35.2 Å². The molecule has 3 aromatic rings. The number of ether oxygens (including phenoxy) is 1. The average Bonchev–Trinajstić information content (AvgIpc) is 2.95. The Morgan fingerprint density at radius 1 is 1.32 bits per heavy atom. The summed E-state index contributed by atoms with van der Waals surface area (Å²) in [5, 5.41) is 4.54. The van der Waals surface area contributed by atoms with Crippen LogP contribution in [0.5, 0.6) is 5.75 Å². The molecule has 2 heterocycles. The molecule has 1 aromatic carbocycles. The first-order chi connectivity index (χ1) is 13.5. The van der Waals surface area contributed by atoms with E-state index < -0.39 is 0 Å². The summed E-state index contributed by atoms with van der Waals surface area (Å²) in [6.45, 7) is 6.57. The van der Waals surface area contributed by atoms with Crippen molar-refractivity contribution in [3.8, 4) is 5.75 Å². The second-order valence-electron chi connectivity index (χ2n) is 6.36. The first-order valence-electron chi connectivity index (χ1n) is 9.01. The monoisotopic (exact) mass is 398 g/mol. The summed E-state index contributed by atoms with van der Waals surface area (Å²) in [5.41, 5.74) is 4.00. The van der Waals surface area contributed by atoms with Gasteiger partial charge in [-0.3, -0.25) is 9.59 Å². The molecule has 1 amide bonds. The molecule has 0 atom stereocenters. The third kappa shape index (κ3) is 4.64. The number of aromatic amines is 1. The lowest BCUT2D eigenvalue weighted by Gasteiger charge is -2.04. The molecule has 0 saturated heterocycles. The van der Waals surface area contributed by atoms with Gasteiger partial charge in [-0.25, -0.2) is 10.4 Å². The van der Waals surface area contributed by atoms with Crippen molar-refractivity contribution in [3.05, 3.63) is 56.4 Å². The number of nitrogens with zero attached hydrogens (tertiary/aromatic N) is 2. The van der Waals surface area contributed by atoms with E-state index in [9.17, 15) is 9.59 Å². The molecule has 0 spiro atoms. The van der Waals surface area contributed by atoms with E-state index in [0.29, 0.717) is 22.6 Å². The van der Waals surface area contributed by atoms with Crippen molar-refractivity contribution in [2.24, 2.45) is 5.10 Å². The topological polar surface area (TPSA) is 96.4 Å². The van der Waals surface area contributed by atoms with E-state index in [1.807, 2.05) is 38.1 Å². The number of thiophene rings is 1. The first-order valence-corrected chi connectivity index (χ1v) is 9.83. The zero-order valence-electron chi connectivity index (χ0n) is 16.0. The van der Waals surface area contributed by atoms with Crippen molar-refractivity contribution in [1.82, 2.24) is 15.4 Å². The number of amides is 1. The maximum atomic E-state index is 12.2. The van der Waals surface area contributed by atoms with Gasteiger partial charge in [0.25, 0.3) is 5.56 Å². The molecule has 0 radical (unpaired) electrons. The molecular weight excluding hydrogens is 376 g/mol. The van der Waals surface area contributed by atoms with Crippen LogP contribution < -0.4 is 15.7 Å². The standard InChI is InChI=1S/C20H22N4O3S/c1-4-9-27-15-7-5-14(6-8-15)11-21-24-17(25)10-16-22-19(26)18-12(2)13(3)28-20(18)23-16/h5-8,11H,4,9-10H2,1-3H3,(H,24,25)(H,22,23,26)/b21-11-. The van der Waals surface area contributed by atoms with Gasteiger partial charge in [-0.15, -0.1) is 11.3 Å². The number of fused-ring (bicyclic) bond motifs is 1. The predicted molar refractivity (Wildman–Crippen MR) is 111 cm³/mol. The van der Waals surface area contributed by atoms with Gasteiger partial charge in [0.15, 0.2) is 0 Å². The third-order valence-electron chi connectivity index (χ3n) is 4.17. The van der Waals surface area contributed by atoms with Crippen molar-refractivity contribution < 1.29 is 9.53 Å². The number of hydrogen-bond acceptors (Lipinski definition) is 6. The van der Waals surface area contributed by atoms with E-state index >= 15 is 0 Å². The lowest BCUT2D eigenvalue weighted by Crippen LogP contribution is -2.23. The fraction of sp³-hybridized carbons (Fsp3) is 0.300. The van der Waals surface area contributed by atoms with Gasteiger partial charge in [0.1, 0.15) is 16.4 Å². The molecule has 0 unspecified atom stereocenters. The molecule has 0 aliphatic carbocycles. The van der Waals surface area contributed by atoms with Gasteiger partial charge in [0.05, 0.1) is 24.6 Å². The SMILES string of the molecule is CCCOc1ccc(/C=N\NC(=O)Cc2nc3sc(C)c(C)c3c(=O)[nH]2)cc1. The lowest BCUT2D eigenvalue weighted by atomic mass is 10.2. The van der Waals surface area contributed by atoms with E-state index in [4.69, 9.17) is 4.74 Å². The molecule has 3 rings (SSSR count). The van der Waals surface area contributed by atoms with Gasteiger partial charge < -0.3 is 9.72 Å². The fourth-order valence-electron chi connectivity index (χ4n) is 2.62. The largest absolute Gasteiger partial charge is 0.494 e. The smallest absolute Gasteiger partial charge is 0.259 e. The Labute approximate surface area is 166 Å². The van der Waals surface area contributed by atoms with E-state index in [-0.39, 0.29) is 17.9 Å². The summed E-state index contributed by atoms with van der Waals surface area (Å²) >= 11 is 1.45. The molecule has 28 heavy (non-hydrogen) atoms. The van der Waals surface area contributed by atoms with Crippen LogP contribution in [-0.4, -0.2) is 28.7 Å². The van der Waals surface area contributed by atoms with Gasteiger partial charge in [-0.2, -0.15) is 5.10 Å². The molecule has 0 saturated carbocycles. The number of aromatic nitrogens is 2. The molecule has 146 valence electrons. The van der Waals surface area contributed by atoms with Crippen LogP contribution >= 0.6 is 11.3 Å². The lowest BCUT2D eigenvalue weighted by molar-refractivity contribution is -0.120. The molecular formula is C20H22N4O3S. The number of rotatable bonds is 7. The number of hydrazone groups is 1. The highest BCUT2D eigenvalue weighted by Crippen LogP contribution is 2.25. The van der Waals surface area contributed by atoms with E-state index in [1.54, 1.807) is 6.21 Å². The van der Waals surface area contributed by atoms with Crippen LogP contribution in [0.3, 0.4) is 0 Å². The van der Waals surface area contributed by atoms with E-state index in [2.05, 4.69) is 27.4 Å². The predicted octanol–water partition coefficient (Wildman–Crippen LogP) is 3.08. The van der Waals surface area contributed by atoms with Crippen molar-refractivity contribution in [2.75, 3.05) is 6.61 Å². The minimum absolute atomic E-state index is 0.0533. The number of carbonyl (C=O) groups is 1. The quantitative estimate of drug-likeness (QED) is 0.472. The summed E-state index contributed by atoms with van der Waals surface area (Å²) in [4.78, 5) is 33.1. The molecule has 8 heteroatoms. The second-order valence-corrected chi connectivity index (χ2v) is 7.57. The highest BCUT2D eigenvalue weighted by atomic mass is 32.1. The van der Waals surface area contributed by atoms with E-state index in [0.717, 1.165) is 28.2 Å². The van der Waals surface area contributed by atoms with Gasteiger partial charge >= 0.3 is 0 Å². The van der Waals surface area contributed by atoms with Gasteiger partial charge in [-0.05, 0) is 55.7 Å². The van der Waals surface area contributed by atoms with Crippen molar-refractivity contribution >= 4 is 33.7 Å². The molecule has 7 nitrogen and oxygen atoms in total. The van der Waals surface area contributed by atoms with Crippen LogP contribution in [-0.2, 0) is 11.2 Å². The van der Waals surface area contributed by atoms with Crippen molar-refractivity contribution in [1.29, 1.82) is 0 Å². The zero-order chi connectivity index (χ0) is 20.1. The maximum absolute atomic E-state index is 12.2. The molecule has 2 N–H and O–H groups in total.